The van der Waals surface area contributed by atoms with Gasteiger partial charge in [0.05, 0.1) is 33.0 Å². The molecule has 126 heavy (non-hydrogen) atoms. The monoisotopic (exact) mass is 1790 g/mol. The lowest BCUT2D eigenvalue weighted by Gasteiger charge is -2.28. The van der Waals surface area contributed by atoms with Gasteiger partial charge in [0.1, 0.15) is 91.1 Å². The third kappa shape index (κ3) is 43.6. The average molecular weight is 1790 g/mol. The van der Waals surface area contributed by atoms with Crippen LogP contribution in [0.4, 0.5) is 0 Å². The number of aliphatic carboxylic acids is 4. The minimum absolute atomic E-state index is 0.0135. The number of nitrogens with two attached hydrogens (primary N) is 4. The number of unbranched alkanes of at least 4 members (excludes halogenated alkanes) is 1. The van der Waals surface area contributed by atoms with Crippen LogP contribution in [0.3, 0.4) is 0 Å². The van der Waals surface area contributed by atoms with Gasteiger partial charge in [-0.3, -0.25) is 102 Å². The van der Waals surface area contributed by atoms with E-state index in [0.717, 1.165) is 0 Å². The van der Waals surface area contributed by atoms with Gasteiger partial charge < -0.3 is 154 Å². The zero-order valence-electron chi connectivity index (χ0n) is 69.8. The molecule has 2 aromatic carbocycles. The number of guanidine groups is 2. The SMILES string of the molecule is CC(C)C[C@H](NC(=O)[C@H](CO)NC(=O)[C@H](CCC(=O)O)NC(=O)[C@H](Cc1ccccc1)NC(=O)[C@H](CCCNC(=N)N)NC(=O)[C@H](CO)NC(=O)[C@@H](N)CO)C(=O)N[C@@H](Cc1ccccc1)C(=O)N[C@@H](C)C(=O)NCC(=O)N[C@@H](CCC(=O)O)C(=O)N[C@@H](CCCCN)C(=O)N[C@@H](CCC(=O)O)C(=O)N[C@@H](CO)C(=O)N[C@@H](CCCNC(=N)N)C(=O)NCC(=O)O. The highest BCUT2D eigenvalue weighted by molar-refractivity contribution is 6.01. The average Bonchev–Trinajstić information content (AvgIpc) is 0.854. The van der Waals surface area contributed by atoms with Crippen LogP contribution < -0.4 is 113 Å². The maximum atomic E-state index is 14.5. The van der Waals surface area contributed by atoms with Gasteiger partial charge in [-0.05, 0) is 101 Å². The predicted octanol–water partition coefficient (Wildman–Crippen LogP) is -11.3. The van der Waals surface area contributed by atoms with E-state index in [9.17, 15) is 127 Å². The highest BCUT2D eigenvalue weighted by atomic mass is 16.4. The fourth-order valence-electron chi connectivity index (χ4n) is 11.7. The third-order valence-corrected chi connectivity index (χ3v) is 18.4. The fourth-order valence-corrected chi connectivity index (χ4v) is 11.7. The first-order valence-corrected chi connectivity index (χ1v) is 40.1. The number of rotatable bonds is 62. The molecule has 0 aliphatic carbocycles. The Morgan fingerprint density at radius 3 is 0.976 bits per heavy atom. The summed E-state index contributed by atoms with van der Waals surface area (Å²) in [5.41, 5.74) is 22.8. The lowest BCUT2D eigenvalue weighted by molar-refractivity contribution is -0.139. The molecule has 0 aliphatic rings. The van der Waals surface area contributed by atoms with Crippen LogP contribution in [0.15, 0.2) is 60.7 Å². The Hall–Kier alpha value is -13.3. The summed E-state index contributed by atoms with van der Waals surface area (Å²) in [4.78, 5) is 255. The molecule has 0 fully saturated rings. The normalized spacial score (nSPS) is 14.2. The van der Waals surface area contributed by atoms with E-state index in [1.165, 1.54) is 6.92 Å². The lowest BCUT2D eigenvalue weighted by atomic mass is 10.0. The van der Waals surface area contributed by atoms with E-state index in [1.54, 1.807) is 74.5 Å². The standard InChI is InChI=1S/C76H119N23O27/c1-39(2)30-50(94-74(126)55(38-103)99-68(120)49(23-26-59(109)110)93-71(123)52(32-42-16-8-5-9-17-42)95-65(117)46(20-13-29-84-76(81)82)91-72(124)53(36-101)97-62(114)43(78)35-100)70(122)96-51(31-41-14-6-4-7-15-41)69(121)87-40(3)61(113)85-33-56(104)88-47(21-24-57(105)106)66(118)90-45(18-10-11-27-77)64(116)92-48(22-25-58(107)108)67(119)98-54(37-102)73(125)89-44(19-12-28-83-75(79)80)63(115)86-34-60(111)112/h4-9,14-17,39-40,43-55,100-103H,10-13,18-38,77-78H2,1-3H3,(H,85,113)(H,86,115)(H,87,121)(H,88,104)(H,89,125)(H,90,118)(H,91,124)(H,92,116)(H,93,123)(H,94,126)(H,95,117)(H,96,122)(H,97,114)(H,98,119)(H,99,120)(H,105,106)(H,107,108)(H,109,110)(H,111,112)(H4,79,80,83)(H4,81,82,84)/t40-,43-,44-,45-,46-,47-,48-,49-,50-,51-,52-,53-,54-,55-/m0/s1. The highest BCUT2D eigenvalue weighted by Gasteiger charge is 2.38. The highest BCUT2D eigenvalue weighted by Crippen LogP contribution is 2.14. The van der Waals surface area contributed by atoms with E-state index in [1.807, 2.05) is 0 Å². The number of nitrogens with one attached hydrogen (secondary N) is 19. The smallest absolute Gasteiger partial charge is 0.322 e. The molecule has 35 N–H and O–H groups in total. The van der Waals surface area contributed by atoms with Crippen LogP contribution in [0, 0.1) is 16.7 Å². The maximum Gasteiger partial charge on any atom is 0.322 e. The van der Waals surface area contributed by atoms with E-state index < -0.39 is 293 Å². The summed E-state index contributed by atoms with van der Waals surface area (Å²) in [6.07, 6.45) is -5.52. The second-order valence-corrected chi connectivity index (χ2v) is 29.2. The van der Waals surface area contributed by atoms with Crippen molar-refractivity contribution in [2.45, 2.75) is 208 Å². The van der Waals surface area contributed by atoms with Crippen LogP contribution in [0.5, 0.6) is 0 Å². The minimum atomic E-state index is -1.97. The minimum Gasteiger partial charge on any atom is -0.481 e. The van der Waals surface area contributed by atoms with Crippen molar-refractivity contribution in [2.24, 2.45) is 28.9 Å². The van der Waals surface area contributed by atoms with Crippen LogP contribution >= 0.6 is 0 Å². The quantitative estimate of drug-likeness (QED) is 0.0166. The molecule has 0 heterocycles. The van der Waals surface area contributed by atoms with Crippen LogP contribution in [-0.2, 0) is 104 Å². The van der Waals surface area contributed by atoms with E-state index in [0.29, 0.717) is 11.1 Å². The number of hydrogen-bond acceptors (Lipinski definition) is 27. The van der Waals surface area contributed by atoms with Crippen molar-refractivity contribution in [3.63, 3.8) is 0 Å². The summed E-state index contributed by atoms with van der Waals surface area (Å²) in [5, 5.41) is 133. The van der Waals surface area contributed by atoms with Crippen LogP contribution in [-0.4, -0.2) is 309 Å². The first-order valence-electron chi connectivity index (χ1n) is 40.1. The number of carbonyl (C=O) groups excluding carboxylic acids is 15. The molecule has 0 saturated carbocycles. The maximum absolute atomic E-state index is 14.5. The molecule has 2 rings (SSSR count). The number of aliphatic hydroxyl groups is 4. The van der Waals surface area contributed by atoms with Gasteiger partial charge in [0.15, 0.2) is 11.9 Å². The summed E-state index contributed by atoms with van der Waals surface area (Å²) in [5.74, 6) is -24.1. The first kappa shape index (κ1) is 109. The number of carbonyl (C=O) groups is 19. The zero-order valence-corrected chi connectivity index (χ0v) is 69.8. The van der Waals surface area contributed by atoms with Crippen molar-refractivity contribution in [2.75, 3.05) is 59.2 Å². The van der Waals surface area contributed by atoms with Crippen LogP contribution in [0.1, 0.15) is 122 Å². The summed E-state index contributed by atoms with van der Waals surface area (Å²) in [7, 11) is 0. The molecule has 700 valence electrons. The number of hydrogen-bond donors (Lipinski definition) is 31. The van der Waals surface area contributed by atoms with Gasteiger partial charge in [-0.15, -0.1) is 0 Å². The van der Waals surface area contributed by atoms with Gasteiger partial charge in [-0.2, -0.15) is 0 Å². The Balaban J connectivity index is 2.44. The second kappa shape index (κ2) is 58.7. The van der Waals surface area contributed by atoms with Gasteiger partial charge in [0, 0.05) is 45.2 Å². The molecule has 0 unspecified atom stereocenters. The Morgan fingerprint density at radius 2 is 0.627 bits per heavy atom. The van der Waals surface area contributed by atoms with Gasteiger partial charge in [-0.25, -0.2) is 0 Å². The van der Waals surface area contributed by atoms with E-state index >= 15 is 0 Å². The topological polar surface area (TPSA) is 842 Å². The van der Waals surface area contributed by atoms with Crippen LogP contribution in [0.2, 0.25) is 0 Å². The molecule has 50 heteroatoms. The van der Waals surface area contributed by atoms with Gasteiger partial charge in [-0.1, -0.05) is 74.5 Å². The zero-order chi connectivity index (χ0) is 94.7. The van der Waals surface area contributed by atoms with E-state index in [2.05, 4.69) is 90.4 Å². The molecule has 0 aromatic heterocycles. The Morgan fingerprint density at radius 1 is 0.325 bits per heavy atom. The summed E-state index contributed by atoms with van der Waals surface area (Å²) in [6.45, 7) is -1.55. The van der Waals surface area contributed by atoms with Crippen molar-refractivity contribution in [1.29, 1.82) is 10.8 Å². The number of amides is 15. The van der Waals surface area contributed by atoms with Crippen molar-refractivity contribution in [1.82, 2.24) is 90.4 Å². The molecule has 0 aliphatic heterocycles. The third-order valence-electron chi connectivity index (χ3n) is 18.4. The largest absolute Gasteiger partial charge is 0.481 e. The molecule has 15 amide bonds. The van der Waals surface area contributed by atoms with E-state index in [-0.39, 0.29) is 83.8 Å². The predicted molar refractivity (Wildman–Crippen MR) is 442 cm³/mol. The molecular weight excluding hydrogens is 1670 g/mol. The summed E-state index contributed by atoms with van der Waals surface area (Å²) in [6, 6.07) is -7.83. The number of benzene rings is 2. The Kier molecular flexibility index (Phi) is 50.6. The van der Waals surface area contributed by atoms with Crippen molar-refractivity contribution >= 4 is 124 Å². The van der Waals surface area contributed by atoms with Gasteiger partial charge >= 0.3 is 23.9 Å². The molecule has 0 spiro atoms. The Labute approximate surface area is 722 Å². The molecule has 14 atom stereocenters. The molecule has 2 aromatic rings. The molecule has 0 bridgehead atoms. The molecular formula is C76H119N23O27. The number of carboxylic acid groups (broad SMARTS) is 4. The van der Waals surface area contributed by atoms with E-state index in [4.69, 9.17) is 38.9 Å². The van der Waals surface area contributed by atoms with Crippen molar-refractivity contribution in [3.05, 3.63) is 71.8 Å². The second-order valence-electron chi connectivity index (χ2n) is 29.2. The van der Waals surface area contributed by atoms with Gasteiger partial charge in [0.25, 0.3) is 0 Å². The summed E-state index contributed by atoms with van der Waals surface area (Å²) >= 11 is 0. The lowest BCUT2D eigenvalue weighted by Crippen LogP contribution is -2.61. The fraction of sp³-hybridized carbons (Fsp3) is 0.566. The number of aliphatic hydroxyl groups excluding tert-OH is 4. The van der Waals surface area contributed by atoms with Crippen molar-refractivity contribution in [3.8, 4) is 0 Å². The molecule has 0 radical (unpaired) electrons. The summed E-state index contributed by atoms with van der Waals surface area (Å²) < 4.78 is 0. The Bertz CT molecular complexity index is 4020. The van der Waals surface area contributed by atoms with Gasteiger partial charge in [0.2, 0.25) is 88.6 Å². The van der Waals surface area contributed by atoms with Crippen LogP contribution in [0.25, 0.3) is 0 Å². The van der Waals surface area contributed by atoms with Crippen molar-refractivity contribution < 1.29 is 132 Å². The first-order chi connectivity index (χ1) is 59.6. The molecule has 50 nitrogen and oxygen atoms in total. The number of carboxylic acids is 4. The molecule has 0 saturated heterocycles.